The quantitative estimate of drug-likeness (QED) is 0.388. The van der Waals surface area contributed by atoms with Gasteiger partial charge in [0.2, 0.25) is 0 Å². The predicted octanol–water partition coefficient (Wildman–Crippen LogP) is 6.10. The minimum Gasteiger partial charge on any atom is -0.469 e. The molecule has 2 aromatic carbocycles. The average Bonchev–Trinajstić information content (AvgIpc) is 3.29. The van der Waals surface area contributed by atoms with Crippen LogP contribution in [0.1, 0.15) is 62.0 Å². The molecular weight excluding hydrogens is 472 g/mol. The zero-order valence-electron chi connectivity index (χ0n) is 21.4. The number of hydrogen-bond donors (Lipinski definition) is 1. The largest absolute Gasteiger partial charge is 0.469 e. The monoisotopic (exact) mass is 504 g/mol. The van der Waals surface area contributed by atoms with Gasteiger partial charge in [-0.25, -0.2) is 4.79 Å². The minimum absolute atomic E-state index is 0.0633. The molecule has 1 aliphatic carbocycles. The molecule has 3 fully saturated rings. The van der Waals surface area contributed by atoms with Crippen LogP contribution in [0.3, 0.4) is 0 Å². The Labute approximate surface area is 216 Å². The van der Waals surface area contributed by atoms with Crippen LogP contribution in [-0.4, -0.2) is 36.5 Å². The van der Waals surface area contributed by atoms with Gasteiger partial charge in [0.1, 0.15) is 17.5 Å². The molecule has 6 rings (SSSR count). The van der Waals surface area contributed by atoms with Crippen LogP contribution in [-0.2, 0) is 24.4 Å². The van der Waals surface area contributed by atoms with Crippen LogP contribution in [0.15, 0.2) is 59.1 Å². The number of esters is 1. The smallest absolute Gasteiger partial charge is 0.412 e. The van der Waals surface area contributed by atoms with Crippen molar-refractivity contribution in [2.24, 2.45) is 0 Å². The molecule has 1 amide bonds. The Morgan fingerprint density at radius 1 is 1.05 bits per heavy atom. The number of ether oxygens (including phenoxy) is 3. The lowest BCUT2D eigenvalue weighted by Crippen LogP contribution is -2.54. The second-order valence-corrected chi connectivity index (χ2v) is 10.1. The third-order valence-corrected chi connectivity index (χ3v) is 7.87. The second-order valence-electron chi connectivity index (χ2n) is 10.1. The Balaban J connectivity index is 1.27. The lowest BCUT2D eigenvalue weighted by molar-refractivity contribution is -0.176. The molecule has 8 heteroatoms. The molecule has 1 N–H and O–H groups in total. The Kier molecular flexibility index (Phi) is 6.77. The standard InChI is InChI=1S/C29H32N2O6/c1-19-25(30-27(33)36-20(2)21-7-5-4-6-8-21)26(37-31-19)22-9-11-23(12-10-22)28-13-15-29(16-14-28,35-18-28)17-24(32)34-3/h4-12,20H,13-18H2,1-3H3,(H,30,33). The molecule has 1 saturated carbocycles. The number of benzene rings is 2. The van der Waals surface area contributed by atoms with E-state index in [2.05, 4.69) is 22.6 Å². The average molecular weight is 505 g/mol. The highest BCUT2D eigenvalue weighted by Gasteiger charge is 2.51. The van der Waals surface area contributed by atoms with Crippen molar-refractivity contribution in [1.29, 1.82) is 0 Å². The number of aryl methyl sites for hydroxylation is 1. The number of fused-ring (bicyclic) bond motifs is 3. The van der Waals surface area contributed by atoms with Crippen molar-refractivity contribution in [2.45, 2.75) is 63.1 Å². The summed E-state index contributed by atoms with van der Waals surface area (Å²) in [6.07, 6.45) is 2.93. The minimum atomic E-state index is -0.573. The summed E-state index contributed by atoms with van der Waals surface area (Å²) in [6.45, 7) is 4.19. The first-order chi connectivity index (χ1) is 17.8. The SMILES string of the molecule is COC(=O)CC12CCC(c3ccc(-c4onc(C)c4NC(=O)OC(C)c4ccccc4)cc3)(CC1)CO2. The number of carbonyl (C=O) groups excluding carboxylic acids is 2. The fourth-order valence-electron chi connectivity index (χ4n) is 5.47. The number of nitrogens with one attached hydrogen (secondary N) is 1. The molecule has 8 nitrogen and oxygen atoms in total. The van der Waals surface area contributed by atoms with E-state index < -0.39 is 12.2 Å². The molecule has 3 heterocycles. The van der Waals surface area contributed by atoms with Crippen molar-refractivity contribution in [1.82, 2.24) is 5.16 Å². The van der Waals surface area contributed by atoms with Crippen molar-refractivity contribution in [3.63, 3.8) is 0 Å². The molecule has 2 bridgehead atoms. The van der Waals surface area contributed by atoms with Crippen LogP contribution in [0.25, 0.3) is 11.3 Å². The predicted molar refractivity (Wildman–Crippen MR) is 137 cm³/mol. The molecule has 194 valence electrons. The summed E-state index contributed by atoms with van der Waals surface area (Å²) >= 11 is 0. The van der Waals surface area contributed by atoms with Crippen molar-refractivity contribution in [3.05, 3.63) is 71.4 Å². The van der Waals surface area contributed by atoms with E-state index in [1.54, 1.807) is 6.92 Å². The van der Waals surface area contributed by atoms with Gasteiger partial charge in [0, 0.05) is 11.0 Å². The third kappa shape index (κ3) is 4.98. The van der Waals surface area contributed by atoms with Crippen LogP contribution in [0.5, 0.6) is 0 Å². The lowest BCUT2D eigenvalue weighted by Gasteiger charge is -2.53. The van der Waals surface area contributed by atoms with Gasteiger partial charge in [0.05, 0.1) is 25.7 Å². The van der Waals surface area contributed by atoms with E-state index in [9.17, 15) is 9.59 Å². The summed E-state index contributed by atoms with van der Waals surface area (Å²) in [7, 11) is 1.42. The van der Waals surface area contributed by atoms with Crippen LogP contribution in [0.4, 0.5) is 10.5 Å². The summed E-state index contributed by atoms with van der Waals surface area (Å²) in [5.41, 5.74) is 3.52. The third-order valence-electron chi connectivity index (χ3n) is 7.87. The topological polar surface area (TPSA) is 99.9 Å². The van der Waals surface area contributed by atoms with Gasteiger partial charge >= 0.3 is 12.1 Å². The Hall–Kier alpha value is -3.65. The number of anilines is 1. The highest BCUT2D eigenvalue weighted by atomic mass is 16.6. The van der Waals surface area contributed by atoms with E-state index in [1.165, 1.54) is 12.7 Å². The van der Waals surface area contributed by atoms with Crippen LogP contribution in [0.2, 0.25) is 0 Å². The van der Waals surface area contributed by atoms with E-state index >= 15 is 0 Å². The molecule has 1 unspecified atom stereocenters. The first-order valence-electron chi connectivity index (χ1n) is 12.6. The number of carbonyl (C=O) groups is 2. The number of aromatic nitrogens is 1. The zero-order valence-corrected chi connectivity index (χ0v) is 21.4. The second kappa shape index (κ2) is 10.0. The number of amides is 1. The summed E-state index contributed by atoms with van der Waals surface area (Å²) in [6, 6.07) is 17.7. The van der Waals surface area contributed by atoms with E-state index in [0.717, 1.165) is 36.8 Å². The molecule has 3 aromatic rings. The van der Waals surface area contributed by atoms with Gasteiger partial charge in [-0.15, -0.1) is 0 Å². The first-order valence-corrected chi connectivity index (χ1v) is 12.6. The number of methoxy groups -OCH3 is 1. The van der Waals surface area contributed by atoms with Crippen LogP contribution in [0, 0.1) is 6.92 Å². The van der Waals surface area contributed by atoms with Gasteiger partial charge < -0.3 is 18.7 Å². The van der Waals surface area contributed by atoms with Crippen LogP contribution < -0.4 is 5.32 Å². The van der Waals surface area contributed by atoms with Gasteiger partial charge in [0.15, 0.2) is 5.76 Å². The maximum Gasteiger partial charge on any atom is 0.412 e. The zero-order chi connectivity index (χ0) is 26.0. The van der Waals surface area contributed by atoms with E-state index in [1.807, 2.05) is 49.4 Å². The molecule has 0 spiro atoms. The molecule has 37 heavy (non-hydrogen) atoms. The Bertz CT molecular complexity index is 1240. The fraction of sp³-hybridized carbons (Fsp3) is 0.414. The van der Waals surface area contributed by atoms with Gasteiger partial charge in [-0.2, -0.15) is 0 Å². The highest BCUT2D eigenvalue weighted by molar-refractivity contribution is 5.90. The summed E-state index contributed by atoms with van der Waals surface area (Å²) < 4.78 is 22.3. The van der Waals surface area contributed by atoms with Crippen LogP contribution >= 0.6 is 0 Å². The number of rotatable bonds is 7. The molecule has 1 aromatic heterocycles. The maximum absolute atomic E-state index is 12.6. The van der Waals surface area contributed by atoms with Gasteiger partial charge in [0.25, 0.3) is 0 Å². The lowest BCUT2D eigenvalue weighted by atomic mass is 9.62. The normalized spacial score (nSPS) is 23.3. The first kappa shape index (κ1) is 25.0. The number of nitrogens with zero attached hydrogens (tertiary/aromatic N) is 1. The Morgan fingerprint density at radius 3 is 2.38 bits per heavy atom. The molecule has 2 aliphatic heterocycles. The molecule has 1 atom stereocenters. The van der Waals surface area contributed by atoms with Gasteiger partial charge in [-0.1, -0.05) is 59.8 Å². The molecular formula is C29H32N2O6. The number of hydrogen-bond acceptors (Lipinski definition) is 7. The van der Waals surface area contributed by atoms with Gasteiger partial charge in [-0.05, 0) is 50.7 Å². The van der Waals surface area contributed by atoms with E-state index in [0.29, 0.717) is 30.2 Å². The summed E-state index contributed by atoms with van der Waals surface area (Å²) in [4.78, 5) is 24.5. The summed E-state index contributed by atoms with van der Waals surface area (Å²) in [5, 5.41) is 6.88. The highest BCUT2D eigenvalue weighted by Crippen LogP contribution is 2.51. The van der Waals surface area contributed by atoms with Crippen molar-refractivity contribution in [2.75, 3.05) is 19.0 Å². The Morgan fingerprint density at radius 2 is 1.76 bits per heavy atom. The van der Waals surface area contributed by atoms with E-state index in [-0.39, 0.29) is 17.0 Å². The van der Waals surface area contributed by atoms with Gasteiger partial charge in [-0.3, -0.25) is 10.1 Å². The molecule has 3 aliphatic rings. The molecule has 2 saturated heterocycles. The van der Waals surface area contributed by atoms with E-state index in [4.69, 9.17) is 18.7 Å². The fourth-order valence-corrected chi connectivity index (χ4v) is 5.47. The van der Waals surface area contributed by atoms with Crippen molar-refractivity contribution < 1.29 is 28.3 Å². The summed E-state index contributed by atoms with van der Waals surface area (Å²) in [5.74, 6) is 0.260. The molecule has 0 radical (unpaired) electrons. The van der Waals surface area contributed by atoms with Crippen molar-refractivity contribution >= 4 is 17.7 Å². The van der Waals surface area contributed by atoms with Crippen molar-refractivity contribution in [3.8, 4) is 11.3 Å². The maximum atomic E-state index is 12.6.